The van der Waals surface area contributed by atoms with E-state index in [-0.39, 0.29) is 24.4 Å². The van der Waals surface area contributed by atoms with Crippen LogP contribution in [0.15, 0.2) is 24.3 Å². The molecule has 1 saturated heterocycles. The lowest BCUT2D eigenvalue weighted by atomic mass is 10.0. The third-order valence-electron chi connectivity index (χ3n) is 3.52. The third-order valence-corrected chi connectivity index (χ3v) is 3.52. The molecular formula is C15H23ClN2O2. The van der Waals surface area contributed by atoms with Crippen molar-refractivity contribution in [2.24, 2.45) is 5.73 Å². The predicted octanol–water partition coefficient (Wildman–Crippen LogP) is 2.10. The largest absolute Gasteiger partial charge is 0.381 e. The van der Waals surface area contributed by atoms with Gasteiger partial charge in [-0.25, -0.2) is 0 Å². The average Bonchev–Trinajstić information content (AvgIpc) is 2.67. The Bertz CT molecular complexity index is 414. The molecule has 0 bridgehead atoms. The van der Waals surface area contributed by atoms with Crippen molar-refractivity contribution in [1.82, 2.24) is 5.32 Å². The highest BCUT2D eigenvalue weighted by Crippen LogP contribution is 2.14. The van der Waals surface area contributed by atoms with E-state index < -0.39 is 6.04 Å². The molecule has 0 saturated carbocycles. The Labute approximate surface area is 126 Å². The molecule has 5 heteroatoms. The molecule has 0 spiro atoms. The van der Waals surface area contributed by atoms with E-state index in [4.69, 9.17) is 10.5 Å². The molecule has 1 aliphatic rings. The fraction of sp³-hybridized carbons (Fsp3) is 0.533. The Morgan fingerprint density at radius 1 is 1.30 bits per heavy atom. The van der Waals surface area contributed by atoms with Gasteiger partial charge in [-0.1, -0.05) is 29.8 Å². The van der Waals surface area contributed by atoms with E-state index in [1.54, 1.807) is 0 Å². The average molecular weight is 299 g/mol. The van der Waals surface area contributed by atoms with Crippen molar-refractivity contribution in [3.63, 3.8) is 0 Å². The predicted molar refractivity (Wildman–Crippen MR) is 82.0 cm³/mol. The van der Waals surface area contributed by atoms with Crippen LogP contribution in [0, 0.1) is 6.92 Å². The van der Waals surface area contributed by atoms with E-state index in [0.717, 1.165) is 37.0 Å². The van der Waals surface area contributed by atoms with Gasteiger partial charge < -0.3 is 15.8 Å². The summed E-state index contributed by atoms with van der Waals surface area (Å²) in [5.74, 6) is -0.101. The summed E-state index contributed by atoms with van der Waals surface area (Å²) in [5, 5.41) is 3.03. The highest BCUT2D eigenvalue weighted by atomic mass is 35.5. The number of aryl methyl sites for hydroxylation is 1. The van der Waals surface area contributed by atoms with Crippen LogP contribution in [0.1, 0.15) is 36.4 Å². The Balaban J connectivity index is 0.00000200. The van der Waals surface area contributed by atoms with Gasteiger partial charge in [-0.3, -0.25) is 4.79 Å². The number of rotatable bonds is 3. The van der Waals surface area contributed by atoms with Crippen molar-refractivity contribution < 1.29 is 9.53 Å². The monoisotopic (exact) mass is 298 g/mol. The van der Waals surface area contributed by atoms with Crippen LogP contribution < -0.4 is 11.1 Å². The highest BCUT2D eigenvalue weighted by Gasteiger charge is 2.20. The molecule has 2 atom stereocenters. The van der Waals surface area contributed by atoms with Crippen molar-refractivity contribution in [1.29, 1.82) is 0 Å². The smallest absolute Gasteiger partial charge is 0.241 e. The van der Waals surface area contributed by atoms with Gasteiger partial charge >= 0.3 is 0 Å². The summed E-state index contributed by atoms with van der Waals surface area (Å²) in [4.78, 5) is 12.1. The quantitative estimate of drug-likeness (QED) is 0.898. The summed E-state index contributed by atoms with van der Waals surface area (Å²) in [6.07, 6.45) is 2.82. The summed E-state index contributed by atoms with van der Waals surface area (Å²) < 4.78 is 5.38. The first-order valence-corrected chi connectivity index (χ1v) is 6.87. The zero-order valence-electron chi connectivity index (χ0n) is 11.8. The number of hydrogen-bond acceptors (Lipinski definition) is 3. The molecule has 4 nitrogen and oxygen atoms in total. The van der Waals surface area contributed by atoms with Gasteiger partial charge in [0.05, 0.1) is 0 Å². The van der Waals surface area contributed by atoms with Gasteiger partial charge in [-0.05, 0) is 31.7 Å². The molecule has 1 aromatic carbocycles. The first-order chi connectivity index (χ1) is 9.16. The fourth-order valence-electron chi connectivity index (χ4n) is 2.26. The summed E-state index contributed by atoms with van der Waals surface area (Å²) in [5.41, 5.74) is 8.02. The Kier molecular flexibility index (Phi) is 6.99. The molecule has 2 unspecified atom stereocenters. The Hall–Kier alpha value is -1.10. The number of halogens is 1. The highest BCUT2D eigenvalue weighted by molar-refractivity contribution is 5.85. The summed E-state index contributed by atoms with van der Waals surface area (Å²) in [6.45, 7) is 3.52. The molecule has 1 fully saturated rings. The molecule has 0 aliphatic carbocycles. The second-order valence-electron chi connectivity index (χ2n) is 5.14. The lowest BCUT2D eigenvalue weighted by Gasteiger charge is -2.19. The van der Waals surface area contributed by atoms with Crippen molar-refractivity contribution in [3.8, 4) is 0 Å². The standard InChI is InChI=1S/C15H22N2O2.ClH/c1-11-4-6-12(7-5-11)14(16)15(18)17-13-3-2-9-19-10-8-13;/h4-7,13-14H,2-3,8-10,16H2,1H3,(H,17,18);1H. The molecule has 3 N–H and O–H groups in total. The van der Waals surface area contributed by atoms with Gasteiger partial charge in [0.25, 0.3) is 0 Å². The SMILES string of the molecule is Cc1ccc(C(N)C(=O)NC2CCCOCC2)cc1.Cl. The first kappa shape index (κ1) is 17.0. The maximum Gasteiger partial charge on any atom is 0.241 e. The molecule has 0 aromatic heterocycles. The van der Waals surface area contributed by atoms with Crippen LogP contribution in [0.25, 0.3) is 0 Å². The number of carbonyl (C=O) groups excluding carboxylic acids is 1. The maximum absolute atomic E-state index is 12.1. The van der Waals surface area contributed by atoms with Gasteiger partial charge in [-0.15, -0.1) is 12.4 Å². The van der Waals surface area contributed by atoms with E-state index in [1.165, 1.54) is 0 Å². The van der Waals surface area contributed by atoms with Crippen LogP contribution in [0.2, 0.25) is 0 Å². The zero-order valence-corrected chi connectivity index (χ0v) is 12.6. The van der Waals surface area contributed by atoms with E-state index in [2.05, 4.69) is 5.32 Å². The van der Waals surface area contributed by atoms with Gasteiger partial charge in [-0.2, -0.15) is 0 Å². The molecular weight excluding hydrogens is 276 g/mol. The normalized spacial score (nSPS) is 20.4. The number of carbonyl (C=O) groups is 1. The number of nitrogens with one attached hydrogen (secondary N) is 1. The number of amides is 1. The summed E-state index contributed by atoms with van der Waals surface area (Å²) in [7, 11) is 0. The topological polar surface area (TPSA) is 64.4 Å². The lowest BCUT2D eigenvalue weighted by Crippen LogP contribution is -2.41. The fourth-order valence-corrected chi connectivity index (χ4v) is 2.26. The molecule has 1 amide bonds. The second kappa shape index (κ2) is 8.25. The molecule has 1 aliphatic heterocycles. The molecule has 0 radical (unpaired) electrons. The van der Waals surface area contributed by atoms with Gasteiger partial charge in [0.15, 0.2) is 0 Å². The lowest BCUT2D eigenvalue weighted by molar-refractivity contribution is -0.123. The Morgan fingerprint density at radius 2 is 2.00 bits per heavy atom. The third kappa shape index (κ3) is 4.78. The van der Waals surface area contributed by atoms with Gasteiger partial charge in [0.1, 0.15) is 6.04 Å². The minimum Gasteiger partial charge on any atom is -0.381 e. The maximum atomic E-state index is 12.1. The van der Waals surface area contributed by atoms with Crippen LogP contribution in [-0.2, 0) is 9.53 Å². The van der Waals surface area contributed by atoms with Crippen molar-refractivity contribution in [2.45, 2.75) is 38.3 Å². The van der Waals surface area contributed by atoms with Crippen molar-refractivity contribution >= 4 is 18.3 Å². The molecule has 2 rings (SSSR count). The van der Waals surface area contributed by atoms with Crippen LogP contribution in [0.4, 0.5) is 0 Å². The Morgan fingerprint density at radius 3 is 2.70 bits per heavy atom. The van der Waals surface area contributed by atoms with Crippen molar-refractivity contribution in [2.75, 3.05) is 13.2 Å². The van der Waals surface area contributed by atoms with Crippen LogP contribution in [0.3, 0.4) is 0 Å². The van der Waals surface area contributed by atoms with E-state index in [0.29, 0.717) is 6.61 Å². The number of benzene rings is 1. The molecule has 112 valence electrons. The minimum absolute atomic E-state index is 0. The molecule has 1 aromatic rings. The van der Waals surface area contributed by atoms with Crippen molar-refractivity contribution in [3.05, 3.63) is 35.4 Å². The van der Waals surface area contributed by atoms with Gasteiger partial charge in [0, 0.05) is 19.3 Å². The van der Waals surface area contributed by atoms with Crippen LogP contribution in [0.5, 0.6) is 0 Å². The van der Waals surface area contributed by atoms with E-state index in [1.807, 2.05) is 31.2 Å². The van der Waals surface area contributed by atoms with Gasteiger partial charge in [0.2, 0.25) is 5.91 Å². The number of hydrogen-bond donors (Lipinski definition) is 2. The molecule has 1 heterocycles. The van der Waals surface area contributed by atoms with E-state index >= 15 is 0 Å². The number of nitrogens with two attached hydrogens (primary N) is 1. The second-order valence-corrected chi connectivity index (χ2v) is 5.14. The summed E-state index contributed by atoms with van der Waals surface area (Å²) >= 11 is 0. The zero-order chi connectivity index (χ0) is 13.7. The minimum atomic E-state index is -0.593. The molecule has 20 heavy (non-hydrogen) atoms. The van der Waals surface area contributed by atoms with Crippen LogP contribution >= 0.6 is 12.4 Å². The summed E-state index contributed by atoms with van der Waals surface area (Å²) in [6, 6.07) is 7.37. The van der Waals surface area contributed by atoms with E-state index in [9.17, 15) is 4.79 Å². The van der Waals surface area contributed by atoms with Crippen LogP contribution in [-0.4, -0.2) is 25.2 Å². The number of ether oxygens (including phenoxy) is 1. The first-order valence-electron chi connectivity index (χ1n) is 6.87.